The average Bonchev–Trinajstić information content (AvgIpc) is 3.33. The number of ether oxygens (including phenoxy) is 1. The quantitative estimate of drug-likeness (QED) is 0.752. The lowest BCUT2D eigenvalue weighted by Crippen LogP contribution is -2.47. The zero-order chi connectivity index (χ0) is 19.1. The van der Waals surface area contributed by atoms with Crippen molar-refractivity contribution >= 4 is 16.9 Å². The third kappa shape index (κ3) is 2.99. The van der Waals surface area contributed by atoms with Crippen molar-refractivity contribution in [2.45, 2.75) is 37.8 Å². The number of aryl methyl sites for hydroxylation is 1. The molecule has 4 heterocycles. The second kappa shape index (κ2) is 7.05. The van der Waals surface area contributed by atoms with Crippen molar-refractivity contribution in [1.29, 1.82) is 0 Å². The molecule has 1 N–H and O–H groups in total. The van der Waals surface area contributed by atoms with Crippen LogP contribution in [0.1, 0.15) is 31.2 Å². The Balaban J connectivity index is 1.23. The van der Waals surface area contributed by atoms with Gasteiger partial charge in [-0.3, -0.25) is 4.68 Å². The number of piperidine rings is 1. The highest BCUT2D eigenvalue weighted by Crippen LogP contribution is 2.36. The molecule has 0 radical (unpaired) electrons. The van der Waals surface area contributed by atoms with Crippen LogP contribution < -0.4 is 15.0 Å². The molecule has 0 amide bonds. The Morgan fingerprint density at radius 3 is 2.86 bits per heavy atom. The van der Waals surface area contributed by atoms with Crippen LogP contribution in [-0.4, -0.2) is 51.5 Å². The maximum atomic E-state index is 5.87. The van der Waals surface area contributed by atoms with Crippen LogP contribution in [0.25, 0.3) is 11.0 Å². The van der Waals surface area contributed by atoms with Gasteiger partial charge < -0.3 is 15.0 Å². The Bertz CT molecular complexity index is 978. The molecule has 2 aliphatic heterocycles. The molecule has 0 unspecified atom stereocenters. The third-order valence-electron chi connectivity index (χ3n) is 6.14. The topological polar surface area (TPSA) is 68.1 Å². The first-order valence-corrected chi connectivity index (χ1v) is 10.1. The fraction of sp³-hybridized carbons (Fsp3) is 0.476. The summed E-state index contributed by atoms with van der Waals surface area (Å²) in [6, 6.07) is 9.33. The number of fused-ring (bicyclic) bond motifs is 2. The van der Waals surface area contributed by atoms with E-state index < -0.39 is 0 Å². The Hall–Kier alpha value is -2.67. The molecule has 7 nitrogen and oxygen atoms in total. The normalized spacial score (nSPS) is 20.9. The van der Waals surface area contributed by atoms with Gasteiger partial charge in [0.15, 0.2) is 5.65 Å². The van der Waals surface area contributed by atoms with Crippen LogP contribution in [0.5, 0.6) is 5.75 Å². The first-order chi connectivity index (χ1) is 13.7. The van der Waals surface area contributed by atoms with Gasteiger partial charge in [-0.25, -0.2) is 9.97 Å². The minimum atomic E-state index is 0.393. The van der Waals surface area contributed by atoms with E-state index in [-0.39, 0.29) is 0 Å². The number of hydrogen-bond acceptors (Lipinski definition) is 6. The Kier molecular flexibility index (Phi) is 4.39. The van der Waals surface area contributed by atoms with Crippen LogP contribution in [0.4, 0.5) is 5.82 Å². The molecular formula is C21H26N6O. The summed E-state index contributed by atoms with van der Waals surface area (Å²) in [6.07, 6.45) is 5.72. The Morgan fingerprint density at radius 2 is 2.00 bits per heavy atom. The summed E-state index contributed by atoms with van der Waals surface area (Å²) in [6.45, 7) is 5.03. The molecule has 28 heavy (non-hydrogen) atoms. The molecular weight excluding hydrogens is 352 g/mol. The Morgan fingerprint density at radius 1 is 1.18 bits per heavy atom. The third-order valence-corrected chi connectivity index (χ3v) is 6.14. The lowest BCUT2D eigenvalue weighted by Gasteiger charge is -2.35. The van der Waals surface area contributed by atoms with E-state index in [9.17, 15) is 0 Å². The summed E-state index contributed by atoms with van der Waals surface area (Å²) in [5, 5.41) is 9.22. The number of aromatic nitrogens is 4. The largest absolute Gasteiger partial charge is 0.493 e. The molecule has 0 bridgehead atoms. The number of nitrogens with zero attached hydrogens (tertiary/aromatic N) is 5. The SMILES string of the molecule is C[C@H](NC1CCN(c2ncnc3c2cnn3C)CC1)[C@H]1COc2ccccc21. The molecule has 1 saturated heterocycles. The van der Waals surface area contributed by atoms with Crippen LogP contribution in [-0.2, 0) is 7.05 Å². The number of anilines is 1. The smallest absolute Gasteiger partial charge is 0.163 e. The first-order valence-electron chi connectivity index (χ1n) is 10.1. The van der Waals surface area contributed by atoms with E-state index in [1.165, 1.54) is 5.56 Å². The fourth-order valence-electron chi connectivity index (χ4n) is 4.55. The molecule has 0 aliphatic carbocycles. The van der Waals surface area contributed by atoms with Crippen molar-refractivity contribution in [3.05, 3.63) is 42.4 Å². The summed E-state index contributed by atoms with van der Waals surface area (Å²) < 4.78 is 7.67. The van der Waals surface area contributed by atoms with Gasteiger partial charge in [0.2, 0.25) is 0 Å². The van der Waals surface area contributed by atoms with E-state index in [0.29, 0.717) is 18.0 Å². The Labute approximate surface area is 164 Å². The van der Waals surface area contributed by atoms with Crippen LogP contribution in [0.2, 0.25) is 0 Å². The first kappa shape index (κ1) is 17.4. The number of para-hydroxylation sites is 1. The molecule has 2 aliphatic rings. The molecule has 5 rings (SSSR count). The maximum absolute atomic E-state index is 5.87. The van der Waals surface area contributed by atoms with Gasteiger partial charge in [0.05, 0.1) is 18.2 Å². The minimum Gasteiger partial charge on any atom is -0.493 e. The van der Waals surface area contributed by atoms with Gasteiger partial charge in [-0.1, -0.05) is 18.2 Å². The van der Waals surface area contributed by atoms with Crippen molar-refractivity contribution < 1.29 is 4.74 Å². The van der Waals surface area contributed by atoms with Crippen molar-refractivity contribution in [2.24, 2.45) is 7.05 Å². The summed E-state index contributed by atoms with van der Waals surface area (Å²) in [7, 11) is 1.92. The number of nitrogens with one attached hydrogen (secondary N) is 1. The standard InChI is InChI=1S/C21H26N6O/c1-14(18-12-28-19-6-4-3-5-16(18)19)25-15-7-9-27(10-8-15)21-17-11-24-26(2)20(17)22-13-23-21/h3-6,11,13-15,18,25H,7-10,12H2,1-2H3/t14-,18+/m0/s1. The summed E-state index contributed by atoms with van der Waals surface area (Å²) in [5.41, 5.74) is 2.22. The predicted octanol–water partition coefficient (Wildman–Crippen LogP) is 2.49. The molecule has 0 spiro atoms. The lowest BCUT2D eigenvalue weighted by molar-refractivity contribution is 0.283. The van der Waals surface area contributed by atoms with Crippen LogP contribution in [0, 0.1) is 0 Å². The van der Waals surface area contributed by atoms with Crippen molar-refractivity contribution in [3.63, 3.8) is 0 Å². The van der Waals surface area contributed by atoms with E-state index in [4.69, 9.17) is 4.74 Å². The second-order valence-corrected chi connectivity index (χ2v) is 7.87. The van der Waals surface area contributed by atoms with Crippen molar-refractivity contribution in [3.8, 4) is 5.75 Å². The van der Waals surface area contributed by atoms with Gasteiger partial charge in [0, 0.05) is 43.7 Å². The zero-order valence-corrected chi connectivity index (χ0v) is 16.4. The number of hydrogen-bond donors (Lipinski definition) is 1. The summed E-state index contributed by atoms with van der Waals surface area (Å²) >= 11 is 0. The molecule has 1 aromatic carbocycles. The molecule has 3 aromatic rings. The number of benzene rings is 1. The van der Waals surface area contributed by atoms with Gasteiger partial charge in [-0.05, 0) is 25.8 Å². The van der Waals surface area contributed by atoms with Crippen LogP contribution >= 0.6 is 0 Å². The highest BCUT2D eigenvalue weighted by molar-refractivity contribution is 5.86. The molecule has 1 fully saturated rings. The van der Waals surface area contributed by atoms with Gasteiger partial charge in [-0.15, -0.1) is 0 Å². The fourth-order valence-corrected chi connectivity index (χ4v) is 4.55. The van der Waals surface area contributed by atoms with E-state index in [0.717, 1.165) is 55.1 Å². The second-order valence-electron chi connectivity index (χ2n) is 7.87. The van der Waals surface area contributed by atoms with Gasteiger partial charge in [0.1, 0.15) is 17.9 Å². The summed E-state index contributed by atoms with van der Waals surface area (Å²) in [5.74, 6) is 2.47. The monoisotopic (exact) mass is 378 g/mol. The molecule has 7 heteroatoms. The van der Waals surface area contributed by atoms with E-state index in [2.05, 4.69) is 50.4 Å². The molecule has 2 atom stereocenters. The van der Waals surface area contributed by atoms with Gasteiger partial charge in [0.25, 0.3) is 0 Å². The highest BCUT2D eigenvalue weighted by Gasteiger charge is 2.31. The minimum absolute atomic E-state index is 0.393. The van der Waals surface area contributed by atoms with E-state index in [1.807, 2.05) is 19.3 Å². The van der Waals surface area contributed by atoms with Crippen molar-refractivity contribution in [2.75, 3.05) is 24.6 Å². The molecule has 146 valence electrons. The average molecular weight is 378 g/mol. The number of rotatable bonds is 4. The van der Waals surface area contributed by atoms with E-state index >= 15 is 0 Å². The molecule has 0 saturated carbocycles. The van der Waals surface area contributed by atoms with Gasteiger partial charge >= 0.3 is 0 Å². The van der Waals surface area contributed by atoms with E-state index in [1.54, 1.807) is 11.0 Å². The maximum Gasteiger partial charge on any atom is 0.163 e. The zero-order valence-electron chi connectivity index (χ0n) is 16.4. The van der Waals surface area contributed by atoms with Crippen LogP contribution in [0.15, 0.2) is 36.8 Å². The highest BCUT2D eigenvalue weighted by atomic mass is 16.5. The van der Waals surface area contributed by atoms with Gasteiger partial charge in [-0.2, -0.15) is 5.10 Å². The van der Waals surface area contributed by atoms with Crippen LogP contribution in [0.3, 0.4) is 0 Å². The predicted molar refractivity (Wildman–Crippen MR) is 109 cm³/mol. The summed E-state index contributed by atoms with van der Waals surface area (Å²) in [4.78, 5) is 11.3. The van der Waals surface area contributed by atoms with Crippen molar-refractivity contribution in [1.82, 2.24) is 25.1 Å². The molecule has 2 aromatic heterocycles. The lowest BCUT2D eigenvalue weighted by atomic mass is 9.93.